The van der Waals surface area contributed by atoms with Gasteiger partial charge < -0.3 is 9.64 Å². The number of nitrogens with zero attached hydrogens (tertiary/aromatic N) is 2. The Morgan fingerprint density at radius 2 is 1.68 bits per heavy atom. The highest BCUT2D eigenvalue weighted by molar-refractivity contribution is 5.81. The number of amides is 1. The molecule has 0 aromatic heterocycles. The lowest BCUT2D eigenvalue weighted by Gasteiger charge is -2.35. The fourth-order valence-corrected chi connectivity index (χ4v) is 3.57. The van der Waals surface area contributed by atoms with Crippen LogP contribution in [0.25, 0.3) is 6.08 Å². The lowest BCUT2D eigenvalue weighted by molar-refractivity contribution is -0.139. The molecule has 0 saturated carbocycles. The number of rotatable bonds is 6. The molecule has 3 rings (SSSR count). The zero-order chi connectivity index (χ0) is 19.9. The van der Waals surface area contributed by atoms with E-state index in [4.69, 9.17) is 4.74 Å². The number of carbonyl (C=O) groups excluding carboxylic acids is 1. The molecule has 0 spiro atoms. The fourth-order valence-electron chi connectivity index (χ4n) is 3.57. The van der Waals surface area contributed by atoms with E-state index >= 15 is 0 Å². The maximum absolute atomic E-state index is 12.7. The van der Waals surface area contributed by atoms with Crippen molar-refractivity contribution in [2.24, 2.45) is 0 Å². The van der Waals surface area contributed by atoms with E-state index in [1.54, 1.807) is 0 Å². The van der Waals surface area contributed by atoms with Crippen molar-refractivity contribution in [2.75, 3.05) is 32.7 Å². The van der Waals surface area contributed by atoms with Crippen molar-refractivity contribution in [3.05, 3.63) is 71.3 Å². The summed E-state index contributed by atoms with van der Waals surface area (Å²) in [6.07, 6.45) is 3.88. The molecule has 2 aromatic rings. The number of piperazine rings is 1. The second kappa shape index (κ2) is 9.56. The van der Waals surface area contributed by atoms with Crippen LogP contribution in [0.5, 0.6) is 5.75 Å². The first-order valence-electron chi connectivity index (χ1n) is 9.99. The van der Waals surface area contributed by atoms with Gasteiger partial charge in [-0.2, -0.15) is 0 Å². The number of hydrogen-bond acceptors (Lipinski definition) is 3. The molecule has 1 fully saturated rings. The first-order chi connectivity index (χ1) is 13.5. The van der Waals surface area contributed by atoms with Crippen molar-refractivity contribution in [3.63, 3.8) is 0 Å². The summed E-state index contributed by atoms with van der Waals surface area (Å²) in [4.78, 5) is 17.0. The first-order valence-corrected chi connectivity index (χ1v) is 9.99. The fraction of sp³-hybridized carbons (Fsp3) is 0.375. The Hall–Kier alpha value is -2.59. The molecule has 1 heterocycles. The van der Waals surface area contributed by atoms with Gasteiger partial charge >= 0.3 is 0 Å². The van der Waals surface area contributed by atoms with E-state index in [9.17, 15) is 4.79 Å². The molecule has 1 atom stereocenters. The summed E-state index contributed by atoms with van der Waals surface area (Å²) in [5.74, 6) is 0.835. The van der Waals surface area contributed by atoms with Crippen molar-refractivity contribution in [2.45, 2.75) is 26.9 Å². The Morgan fingerprint density at radius 1 is 1.04 bits per heavy atom. The summed E-state index contributed by atoms with van der Waals surface area (Å²) in [6.45, 7) is 10.1. The number of carbonyl (C=O) groups is 1. The minimum atomic E-state index is -0.467. The molecule has 0 N–H and O–H groups in total. The van der Waals surface area contributed by atoms with Crippen LogP contribution in [-0.4, -0.2) is 54.5 Å². The predicted molar refractivity (Wildman–Crippen MR) is 115 cm³/mol. The van der Waals surface area contributed by atoms with E-state index in [0.717, 1.165) is 49.6 Å². The Labute approximate surface area is 168 Å². The maximum Gasteiger partial charge on any atom is 0.263 e. The molecule has 1 amide bonds. The van der Waals surface area contributed by atoms with Crippen LogP contribution in [0.15, 0.2) is 54.6 Å². The molecule has 1 saturated heterocycles. The quantitative estimate of drug-likeness (QED) is 0.764. The van der Waals surface area contributed by atoms with E-state index < -0.39 is 6.10 Å². The topological polar surface area (TPSA) is 32.8 Å². The minimum absolute atomic E-state index is 0.0682. The highest BCUT2D eigenvalue weighted by Crippen LogP contribution is 2.18. The smallest absolute Gasteiger partial charge is 0.263 e. The van der Waals surface area contributed by atoms with E-state index in [1.807, 2.05) is 56.0 Å². The van der Waals surface area contributed by atoms with Crippen molar-refractivity contribution in [1.82, 2.24) is 9.80 Å². The van der Waals surface area contributed by atoms with Crippen LogP contribution in [0.1, 0.15) is 23.6 Å². The molecular weight excluding hydrogens is 348 g/mol. The molecule has 1 aliphatic heterocycles. The molecule has 2 aromatic carbocycles. The summed E-state index contributed by atoms with van der Waals surface area (Å²) in [5.41, 5.74) is 3.51. The highest BCUT2D eigenvalue weighted by atomic mass is 16.5. The van der Waals surface area contributed by atoms with Gasteiger partial charge in [-0.15, -0.1) is 0 Å². The zero-order valence-electron chi connectivity index (χ0n) is 17.1. The summed E-state index contributed by atoms with van der Waals surface area (Å²) in [5, 5.41) is 0. The molecule has 0 unspecified atom stereocenters. The van der Waals surface area contributed by atoms with Crippen molar-refractivity contribution < 1.29 is 9.53 Å². The maximum atomic E-state index is 12.7. The van der Waals surface area contributed by atoms with Gasteiger partial charge in [0, 0.05) is 32.7 Å². The number of benzene rings is 2. The molecule has 0 radical (unpaired) electrons. The Kier molecular flexibility index (Phi) is 6.88. The van der Waals surface area contributed by atoms with Crippen LogP contribution in [0.4, 0.5) is 0 Å². The average Bonchev–Trinajstić information content (AvgIpc) is 2.68. The summed E-state index contributed by atoms with van der Waals surface area (Å²) in [7, 11) is 0. The second-order valence-corrected chi connectivity index (χ2v) is 7.52. The summed E-state index contributed by atoms with van der Waals surface area (Å²) >= 11 is 0. The van der Waals surface area contributed by atoms with Gasteiger partial charge in [0.2, 0.25) is 0 Å². The normalized spacial score (nSPS) is 16.3. The van der Waals surface area contributed by atoms with E-state index in [1.165, 1.54) is 5.56 Å². The Bertz CT molecular complexity index is 788. The van der Waals surface area contributed by atoms with Gasteiger partial charge in [-0.3, -0.25) is 9.69 Å². The van der Waals surface area contributed by atoms with Crippen LogP contribution in [-0.2, 0) is 4.79 Å². The number of aryl methyl sites for hydroxylation is 2. The SMILES string of the molecule is Cc1cc(C)cc(O[C@@H](C)C(=O)N2CCN(C/C=C/c3ccccc3)CC2)c1. The molecule has 4 heteroatoms. The molecular formula is C24H30N2O2. The van der Waals surface area contributed by atoms with Crippen LogP contribution in [0.3, 0.4) is 0 Å². The van der Waals surface area contributed by atoms with Crippen molar-refractivity contribution in [1.29, 1.82) is 0 Å². The Balaban J connectivity index is 1.45. The second-order valence-electron chi connectivity index (χ2n) is 7.52. The van der Waals surface area contributed by atoms with Gasteiger partial charge in [0.1, 0.15) is 5.75 Å². The Morgan fingerprint density at radius 3 is 2.32 bits per heavy atom. The first kappa shape index (κ1) is 20.2. The monoisotopic (exact) mass is 378 g/mol. The van der Waals surface area contributed by atoms with E-state index in [2.05, 4.69) is 35.3 Å². The van der Waals surface area contributed by atoms with Gasteiger partial charge in [0.05, 0.1) is 0 Å². The molecule has 0 aliphatic carbocycles. The van der Waals surface area contributed by atoms with Gasteiger partial charge in [0.15, 0.2) is 6.10 Å². The molecule has 148 valence electrons. The van der Waals surface area contributed by atoms with Gasteiger partial charge in [-0.1, -0.05) is 48.6 Å². The molecule has 0 bridgehead atoms. The van der Waals surface area contributed by atoms with E-state index in [-0.39, 0.29) is 5.91 Å². The third-order valence-electron chi connectivity index (χ3n) is 5.01. The largest absolute Gasteiger partial charge is 0.481 e. The summed E-state index contributed by atoms with van der Waals surface area (Å²) in [6, 6.07) is 16.4. The summed E-state index contributed by atoms with van der Waals surface area (Å²) < 4.78 is 5.92. The number of ether oxygens (including phenoxy) is 1. The predicted octanol–water partition coefficient (Wildman–Crippen LogP) is 3.93. The molecule has 28 heavy (non-hydrogen) atoms. The van der Waals surface area contributed by atoms with Crippen molar-refractivity contribution in [3.8, 4) is 5.75 Å². The third-order valence-corrected chi connectivity index (χ3v) is 5.01. The molecule has 1 aliphatic rings. The van der Waals surface area contributed by atoms with Crippen molar-refractivity contribution >= 4 is 12.0 Å². The highest BCUT2D eigenvalue weighted by Gasteiger charge is 2.25. The van der Waals surface area contributed by atoms with E-state index in [0.29, 0.717) is 0 Å². The van der Waals surface area contributed by atoms with Gasteiger partial charge in [-0.05, 0) is 49.6 Å². The van der Waals surface area contributed by atoms with Crippen LogP contribution >= 0.6 is 0 Å². The third kappa shape index (κ3) is 5.70. The standard InChI is InChI=1S/C24H30N2O2/c1-19-16-20(2)18-23(17-19)28-21(3)24(27)26-14-12-25(13-15-26)11-7-10-22-8-5-4-6-9-22/h4-10,16-18,21H,11-15H2,1-3H3/b10-7+/t21-/m0/s1. The van der Waals surface area contributed by atoms with Gasteiger partial charge in [0.25, 0.3) is 5.91 Å². The van der Waals surface area contributed by atoms with Crippen LogP contribution in [0, 0.1) is 13.8 Å². The number of hydrogen-bond donors (Lipinski definition) is 0. The lowest BCUT2D eigenvalue weighted by Crippen LogP contribution is -2.51. The van der Waals surface area contributed by atoms with Crippen LogP contribution in [0.2, 0.25) is 0 Å². The van der Waals surface area contributed by atoms with Crippen LogP contribution < -0.4 is 4.74 Å². The average molecular weight is 379 g/mol. The lowest BCUT2D eigenvalue weighted by atomic mass is 10.1. The zero-order valence-corrected chi connectivity index (χ0v) is 17.1. The minimum Gasteiger partial charge on any atom is -0.481 e. The van der Waals surface area contributed by atoms with Gasteiger partial charge in [-0.25, -0.2) is 0 Å². The molecule has 4 nitrogen and oxygen atoms in total.